The number of carbonyl (C=O) groups excluding carboxylic acids is 2. The molecule has 2 rings (SSSR count). The van der Waals surface area contributed by atoms with Crippen LogP contribution in [0.5, 0.6) is 0 Å². The summed E-state index contributed by atoms with van der Waals surface area (Å²) >= 11 is 0. The van der Waals surface area contributed by atoms with E-state index in [9.17, 15) is 9.59 Å². The Hall–Kier alpha value is -2.60. The number of aryl methyl sites for hydroxylation is 1. The van der Waals surface area contributed by atoms with E-state index in [1.807, 2.05) is 18.3 Å². The van der Waals surface area contributed by atoms with Crippen molar-refractivity contribution in [3.8, 4) is 0 Å². The molecular formula is C22H30N2O4. The highest BCUT2D eigenvalue weighted by Gasteiger charge is 2.17. The molecule has 0 N–H and O–H groups in total. The van der Waals surface area contributed by atoms with Crippen molar-refractivity contribution in [1.29, 1.82) is 0 Å². The minimum absolute atomic E-state index is 0.0758. The second kappa shape index (κ2) is 11.3. The summed E-state index contributed by atoms with van der Waals surface area (Å²) in [6.07, 6.45) is 2.26. The minimum atomic E-state index is -0.342. The van der Waals surface area contributed by atoms with Crippen LogP contribution in [0.15, 0.2) is 42.6 Å². The smallest absolute Gasteiger partial charge is 0.306 e. The molecule has 0 saturated carbocycles. The Balaban J connectivity index is 2.03. The van der Waals surface area contributed by atoms with Crippen molar-refractivity contribution in [3.05, 3.63) is 59.4 Å². The van der Waals surface area contributed by atoms with Crippen LogP contribution >= 0.6 is 0 Å². The van der Waals surface area contributed by atoms with Gasteiger partial charge in [-0.25, -0.2) is 0 Å². The van der Waals surface area contributed by atoms with Crippen molar-refractivity contribution in [2.45, 2.75) is 39.8 Å². The molecule has 1 amide bonds. The van der Waals surface area contributed by atoms with E-state index in [2.05, 4.69) is 35.8 Å². The molecule has 0 unspecified atom stereocenters. The molecule has 0 bridgehead atoms. The zero-order chi connectivity index (χ0) is 20.4. The largest absolute Gasteiger partial charge is 0.466 e. The molecule has 0 aliphatic heterocycles. The fraction of sp³-hybridized carbons (Fsp3) is 0.455. The first-order valence-corrected chi connectivity index (χ1v) is 9.65. The normalized spacial score (nSPS) is 10.7. The Bertz CT molecular complexity index is 752. The minimum Gasteiger partial charge on any atom is -0.466 e. The third kappa shape index (κ3) is 6.85. The highest BCUT2D eigenvalue weighted by molar-refractivity contribution is 5.81. The fourth-order valence-electron chi connectivity index (χ4n) is 2.93. The van der Waals surface area contributed by atoms with Gasteiger partial charge in [-0.2, -0.15) is 0 Å². The summed E-state index contributed by atoms with van der Waals surface area (Å²) in [5, 5.41) is 0. The van der Waals surface area contributed by atoms with Gasteiger partial charge in [0.1, 0.15) is 0 Å². The molecule has 28 heavy (non-hydrogen) atoms. The molecule has 152 valence electrons. The summed E-state index contributed by atoms with van der Waals surface area (Å²) in [5.74, 6) is -0.418. The maximum Gasteiger partial charge on any atom is 0.306 e. The maximum absolute atomic E-state index is 12.6. The molecule has 2 aromatic rings. The highest BCUT2D eigenvalue weighted by atomic mass is 16.5. The zero-order valence-corrected chi connectivity index (χ0v) is 17.0. The van der Waals surface area contributed by atoms with Crippen molar-refractivity contribution in [1.82, 2.24) is 9.47 Å². The fourth-order valence-corrected chi connectivity index (χ4v) is 2.93. The number of hydrogen-bond donors (Lipinski definition) is 0. The summed E-state index contributed by atoms with van der Waals surface area (Å²) in [5.41, 5.74) is 3.48. The van der Waals surface area contributed by atoms with Crippen molar-refractivity contribution in [2.75, 3.05) is 26.9 Å². The molecule has 1 aromatic carbocycles. The van der Waals surface area contributed by atoms with Crippen molar-refractivity contribution in [3.63, 3.8) is 0 Å². The van der Waals surface area contributed by atoms with Crippen LogP contribution in [0.1, 0.15) is 36.6 Å². The van der Waals surface area contributed by atoms with E-state index in [1.54, 1.807) is 18.9 Å². The van der Waals surface area contributed by atoms with Gasteiger partial charge < -0.3 is 18.9 Å². The summed E-state index contributed by atoms with van der Waals surface area (Å²) in [7, 11) is 1.61. The number of aromatic nitrogens is 1. The second-order valence-corrected chi connectivity index (χ2v) is 6.73. The van der Waals surface area contributed by atoms with Crippen LogP contribution in [0.25, 0.3) is 0 Å². The summed E-state index contributed by atoms with van der Waals surface area (Å²) in [4.78, 5) is 25.9. The van der Waals surface area contributed by atoms with Crippen LogP contribution in [-0.4, -0.2) is 48.2 Å². The van der Waals surface area contributed by atoms with Gasteiger partial charge in [0, 0.05) is 38.5 Å². The Morgan fingerprint density at radius 3 is 2.54 bits per heavy atom. The summed E-state index contributed by atoms with van der Waals surface area (Å²) < 4.78 is 12.2. The summed E-state index contributed by atoms with van der Waals surface area (Å²) in [6.45, 7) is 6.31. The van der Waals surface area contributed by atoms with Crippen LogP contribution in [-0.2, 0) is 32.2 Å². The number of benzene rings is 1. The van der Waals surface area contributed by atoms with E-state index in [1.165, 1.54) is 11.1 Å². The maximum atomic E-state index is 12.6. The Kier molecular flexibility index (Phi) is 8.75. The molecular weight excluding hydrogens is 356 g/mol. The lowest BCUT2D eigenvalue weighted by Crippen LogP contribution is -2.34. The lowest BCUT2D eigenvalue weighted by Gasteiger charge is -2.23. The van der Waals surface area contributed by atoms with E-state index in [0.717, 1.165) is 12.2 Å². The van der Waals surface area contributed by atoms with E-state index in [4.69, 9.17) is 9.47 Å². The molecule has 0 radical (unpaired) electrons. The molecule has 0 saturated heterocycles. The number of hydrogen-bond acceptors (Lipinski definition) is 4. The first kappa shape index (κ1) is 21.7. The average Bonchev–Trinajstić information content (AvgIpc) is 3.12. The Morgan fingerprint density at radius 2 is 1.86 bits per heavy atom. The van der Waals surface area contributed by atoms with Gasteiger partial charge >= 0.3 is 5.97 Å². The molecule has 0 aliphatic carbocycles. The molecule has 0 spiro atoms. The molecule has 0 atom stereocenters. The molecule has 6 nitrogen and oxygen atoms in total. The highest BCUT2D eigenvalue weighted by Crippen LogP contribution is 2.13. The monoisotopic (exact) mass is 386 g/mol. The number of methoxy groups -OCH3 is 1. The number of nitrogens with zero attached hydrogens (tertiary/aromatic N) is 2. The molecule has 6 heteroatoms. The van der Waals surface area contributed by atoms with Gasteiger partial charge in [-0.1, -0.05) is 29.8 Å². The van der Waals surface area contributed by atoms with Crippen molar-refractivity contribution in [2.24, 2.45) is 0 Å². The Labute approximate surface area is 167 Å². The van der Waals surface area contributed by atoms with Crippen LogP contribution in [0.3, 0.4) is 0 Å². The van der Waals surface area contributed by atoms with E-state index >= 15 is 0 Å². The standard InChI is InChI=1S/C22H30N2O4/c1-4-28-22(26)12-11-21(25)24(14-15-27-3)17-20-6-5-13-23(20)16-19-9-7-18(2)8-10-19/h5-10,13H,4,11-12,14-17H2,1-3H3. The second-order valence-electron chi connectivity index (χ2n) is 6.73. The van der Waals surface area contributed by atoms with Gasteiger partial charge in [-0.3, -0.25) is 9.59 Å². The van der Waals surface area contributed by atoms with Crippen molar-refractivity contribution >= 4 is 11.9 Å². The summed E-state index contributed by atoms with van der Waals surface area (Å²) in [6, 6.07) is 12.4. The van der Waals surface area contributed by atoms with Crippen LogP contribution in [0.2, 0.25) is 0 Å². The van der Waals surface area contributed by atoms with Gasteiger partial charge in [0.15, 0.2) is 0 Å². The van der Waals surface area contributed by atoms with Crippen LogP contribution in [0, 0.1) is 6.92 Å². The van der Waals surface area contributed by atoms with Crippen LogP contribution in [0.4, 0.5) is 0 Å². The number of carbonyl (C=O) groups is 2. The van der Waals surface area contributed by atoms with Crippen LogP contribution < -0.4 is 0 Å². The van der Waals surface area contributed by atoms with Gasteiger partial charge in [0.2, 0.25) is 5.91 Å². The van der Waals surface area contributed by atoms with E-state index in [-0.39, 0.29) is 24.7 Å². The first-order chi connectivity index (χ1) is 13.5. The third-order valence-electron chi connectivity index (χ3n) is 4.52. The first-order valence-electron chi connectivity index (χ1n) is 9.65. The van der Waals surface area contributed by atoms with Gasteiger partial charge in [0.05, 0.1) is 26.2 Å². The van der Waals surface area contributed by atoms with Crippen molar-refractivity contribution < 1.29 is 19.1 Å². The predicted molar refractivity (Wildman–Crippen MR) is 108 cm³/mol. The quantitative estimate of drug-likeness (QED) is 0.557. The number of rotatable bonds is 11. The molecule has 0 fully saturated rings. The van der Waals surface area contributed by atoms with Gasteiger partial charge in [-0.05, 0) is 31.5 Å². The van der Waals surface area contributed by atoms with E-state index in [0.29, 0.717) is 26.3 Å². The zero-order valence-electron chi connectivity index (χ0n) is 17.0. The SMILES string of the molecule is CCOC(=O)CCC(=O)N(CCOC)Cc1cccn1Cc1ccc(C)cc1. The average molecular weight is 386 g/mol. The lowest BCUT2D eigenvalue weighted by atomic mass is 10.1. The predicted octanol–water partition coefficient (Wildman–Crippen LogP) is 3.16. The molecule has 1 heterocycles. The molecule has 0 aliphatic rings. The number of esters is 1. The Morgan fingerprint density at radius 1 is 1.11 bits per heavy atom. The van der Waals surface area contributed by atoms with E-state index < -0.39 is 0 Å². The number of ether oxygens (including phenoxy) is 2. The lowest BCUT2D eigenvalue weighted by molar-refractivity contribution is -0.146. The third-order valence-corrected chi connectivity index (χ3v) is 4.52. The van der Waals surface area contributed by atoms with Gasteiger partial charge in [-0.15, -0.1) is 0 Å². The number of amides is 1. The van der Waals surface area contributed by atoms with Gasteiger partial charge in [0.25, 0.3) is 0 Å². The molecule has 1 aromatic heterocycles. The topological polar surface area (TPSA) is 60.8 Å².